The van der Waals surface area contributed by atoms with Crippen LogP contribution in [0, 0.1) is 11.6 Å². The number of carbonyl (C=O) groups excluding carboxylic acids is 2. The molecule has 0 saturated carbocycles. The molecule has 56 heavy (non-hydrogen) atoms. The van der Waals surface area contributed by atoms with Gasteiger partial charge in [-0.25, -0.2) is 18.7 Å². The third kappa shape index (κ3) is 6.24. The van der Waals surface area contributed by atoms with Crippen molar-refractivity contribution in [2.75, 3.05) is 67.1 Å². The number of aromatic nitrogens is 4. The molecule has 3 saturated heterocycles. The van der Waals surface area contributed by atoms with Crippen LogP contribution < -0.4 is 25.6 Å². The number of halogens is 3. The van der Waals surface area contributed by atoms with Crippen molar-refractivity contribution in [1.29, 1.82) is 0 Å². The van der Waals surface area contributed by atoms with Gasteiger partial charge < -0.3 is 14.7 Å². The monoisotopic (exact) mass is 779 g/mol. The van der Waals surface area contributed by atoms with E-state index < -0.39 is 34.8 Å². The second-order valence-electron chi connectivity index (χ2n) is 15.5. The first-order chi connectivity index (χ1) is 27.0. The van der Waals surface area contributed by atoms with Crippen molar-refractivity contribution >= 4 is 51.4 Å². The highest BCUT2D eigenvalue weighted by atomic mass is 35.5. The van der Waals surface area contributed by atoms with E-state index in [0.29, 0.717) is 54.6 Å². The van der Waals surface area contributed by atoms with E-state index in [0.717, 1.165) is 60.1 Å². The summed E-state index contributed by atoms with van der Waals surface area (Å²) >= 11 is 6.48. The van der Waals surface area contributed by atoms with E-state index in [-0.39, 0.29) is 24.0 Å². The van der Waals surface area contributed by atoms with Crippen LogP contribution in [0.15, 0.2) is 65.7 Å². The van der Waals surface area contributed by atoms with Crippen molar-refractivity contribution in [3.05, 3.63) is 111 Å². The minimum Gasteiger partial charge on any atom is -0.369 e. The molecule has 0 spiro atoms. The van der Waals surface area contributed by atoms with Crippen molar-refractivity contribution in [3.63, 3.8) is 0 Å². The van der Waals surface area contributed by atoms with Crippen LogP contribution in [-0.4, -0.2) is 88.6 Å². The number of anilines is 3. The number of amides is 2. The third-order valence-corrected chi connectivity index (χ3v) is 12.1. The quantitative estimate of drug-likeness (QED) is 0.238. The predicted molar refractivity (Wildman–Crippen MR) is 210 cm³/mol. The fourth-order valence-corrected chi connectivity index (χ4v) is 8.93. The molecule has 15 heteroatoms. The Morgan fingerprint density at radius 3 is 2.14 bits per heavy atom. The summed E-state index contributed by atoms with van der Waals surface area (Å²) in [5.41, 5.74) is 4.28. The first-order valence-corrected chi connectivity index (χ1v) is 19.3. The van der Waals surface area contributed by atoms with Gasteiger partial charge in [-0.3, -0.25) is 29.2 Å². The highest BCUT2D eigenvalue weighted by Gasteiger charge is 2.39. The van der Waals surface area contributed by atoms with Gasteiger partial charge in [0.25, 0.3) is 5.56 Å². The van der Waals surface area contributed by atoms with Crippen LogP contribution >= 0.6 is 11.6 Å². The minimum atomic E-state index is -1.02. The largest absolute Gasteiger partial charge is 0.369 e. The van der Waals surface area contributed by atoms with Gasteiger partial charge in [0.15, 0.2) is 0 Å². The van der Waals surface area contributed by atoms with E-state index in [1.807, 2.05) is 29.4 Å². The lowest BCUT2D eigenvalue weighted by molar-refractivity contribution is -0.134. The molecular formula is C41H40ClF2N9O3. The number of hydrogen-bond donors (Lipinski definition) is 1. The zero-order valence-electron chi connectivity index (χ0n) is 31.1. The number of benzene rings is 3. The van der Waals surface area contributed by atoms with Crippen molar-refractivity contribution in [3.8, 4) is 5.69 Å². The van der Waals surface area contributed by atoms with E-state index in [4.69, 9.17) is 11.6 Å². The Morgan fingerprint density at radius 2 is 1.46 bits per heavy atom. The summed E-state index contributed by atoms with van der Waals surface area (Å²) in [6.45, 7) is 10.5. The Balaban J connectivity index is 0.810. The van der Waals surface area contributed by atoms with Crippen LogP contribution in [-0.2, 0) is 21.5 Å². The Hall–Kier alpha value is -5.47. The van der Waals surface area contributed by atoms with Crippen molar-refractivity contribution in [2.24, 2.45) is 0 Å². The van der Waals surface area contributed by atoms with Gasteiger partial charge in [0.2, 0.25) is 11.8 Å². The van der Waals surface area contributed by atoms with Crippen LogP contribution in [0.3, 0.4) is 0 Å². The maximum Gasteiger partial charge on any atom is 0.282 e. The molecule has 1 unspecified atom stereocenters. The Morgan fingerprint density at radius 1 is 0.821 bits per heavy atom. The van der Waals surface area contributed by atoms with Gasteiger partial charge in [0, 0.05) is 75.7 Å². The van der Waals surface area contributed by atoms with E-state index in [2.05, 4.69) is 71.6 Å². The molecule has 3 fully saturated rings. The van der Waals surface area contributed by atoms with Crippen molar-refractivity contribution in [2.45, 2.75) is 44.6 Å². The van der Waals surface area contributed by atoms with Gasteiger partial charge in [0.1, 0.15) is 23.3 Å². The molecule has 1 atom stereocenters. The van der Waals surface area contributed by atoms with E-state index in [9.17, 15) is 14.4 Å². The Bertz CT molecular complexity index is 2440. The third-order valence-electron chi connectivity index (χ3n) is 11.8. The van der Waals surface area contributed by atoms with Gasteiger partial charge in [-0.2, -0.15) is 4.98 Å². The molecule has 6 heterocycles. The number of nitrogens with one attached hydrogen (secondary N) is 1. The lowest BCUT2D eigenvalue weighted by atomic mass is 9.85. The van der Waals surface area contributed by atoms with E-state index >= 15 is 8.78 Å². The number of piperazine rings is 2. The highest BCUT2D eigenvalue weighted by molar-refractivity contribution is 6.35. The lowest BCUT2D eigenvalue weighted by Gasteiger charge is -2.37. The summed E-state index contributed by atoms with van der Waals surface area (Å²) in [6.07, 6.45) is 3.81. The number of imide groups is 1. The molecule has 0 aliphatic carbocycles. The van der Waals surface area contributed by atoms with Gasteiger partial charge in [-0.15, -0.1) is 0 Å². The average Bonchev–Trinajstić information content (AvgIpc) is 3.41. The summed E-state index contributed by atoms with van der Waals surface area (Å²) in [4.78, 5) is 59.5. The van der Waals surface area contributed by atoms with Crippen LogP contribution in [0.4, 0.5) is 25.8 Å². The van der Waals surface area contributed by atoms with E-state index in [1.54, 1.807) is 6.07 Å². The fraction of sp³-hybridized carbons (Fsp3) is 0.366. The molecule has 2 amide bonds. The Kier molecular flexibility index (Phi) is 9.00. The van der Waals surface area contributed by atoms with Gasteiger partial charge in [-0.1, -0.05) is 23.7 Å². The molecule has 4 aliphatic heterocycles. The van der Waals surface area contributed by atoms with Crippen LogP contribution in [0.25, 0.3) is 16.6 Å². The molecular weight excluding hydrogens is 740 g/mol. The normalized spacial score (nSPS) is 19.7. The average molecular weight is 780 g/mol. The van der Waals surface area contributed by atoms with Crippen molar-refractivity contribution < 1.29 is 18.4 Å². The van der Waals surface area contributed by atoms with E-state index in [1.165, 1.54) is 12.1 Å². The summed E-state index contributed by atoms with van der Waals surface area (Å²) in [7, 11) is 0. The number of fused-ring (bicyclic) bond motifs is 5. The summed E-state index contributed by atoms with van der Waals surface area (Å²) in [5, 5.41) is 3.01. The molecule has 9 rings (SSSR count). The standard InChI is InChI=1S/C41H40ClF2N9O3/c1-41(2)28-8-6-24(20-33(28)53-32-5-3-4-29(42)37(32)39(56)48-40(41)53)50-12-10-49(11-13-50)23-34-45-21-26(22-46-34)52-16-14-51(15-17-52)25-18-30(43)36(31(44)19-25)27-7-9-35(54)47-38(27)55/h3-6,8,18-22,27H,7,9-17,23H2,1-2H3,(H,47,54,55). The maximum absolute atomic E-state index is 15.2. The molecule has 12 nitrogen and oxygen atoms in total. The lowest BCUT2D eigenvalue weighted by Crippen LogP contribution is -2.47. The maximum atomic E-state index is 15.2. The molecule has 2 aromatic heterocycles. The van der Waals surface area contributed by atoms with Crippen LogP contribution in [0.5, 0.6) is 0 Å². The first-order valence-electron chi connectivity index (χ1n) is 18.9. The molecule has 5 aromatic rings. The summed E-state index contributed by atoms with van der Waals surface area (Å²) < 4.78 is 32.4. The van der Waals surface area contributed by atoms with Crippen LogP contribution in [0.2, 0.25) is 5.02 Å². The molecule has 3 aromatic carbocycles. The number of hydrogen-bond acceptors (Lipinski definition) is 10. The van der Waals surface area contributed by atoms with Gasteiger partial charge in [0.05, 0.1) is 57.6 Å². The Labute approximate surface area is 326 Å². The molecule has 0 bridgehead atoms. The number of nitrogens with zero attached hydrogens (tertiary/aromatic N) is 8. The highest BCUT2D eigenvalue weighted by Crippen LogP contribution is 2.44. The minimum absolute atomic E-state index is 0.0483. The first kappa shape index (κ1) is 36.2. The zero-order chi connectivity index (χ0) is 38.9. The SMILES string of the molecule is CC1(C)c2ccc(N3CCN(Cc4ncc(N5CCN(c6cc(F)c(C7CCC(=O)NC7=O)c(F)c6)CC5)cn4)CC3)cc2-n2c1nc(=O)c1c(Cl)cccc12. The number of carbonyl (C=O) groups is 2. The van der Waals surface area contributed by atoms with Crippen LogP contribution in [0.1, 0.15) is 55.4 Å². The zero-order valence-corrected chi connectivity index (χ0v) is 31.8. The fourth-order valence-electron chi connectivity index (χ4n) is 8.68. The molecule has 288 valence electrons. The van der Waals surface area contributed by atoms with Gasteiger partial charge in [-0.05, 0) is 62.2 Å². The van der Waals surface area contributed by atoms with Gasteiger partial charge >= 0.3 is 0 Å². The second kappa shape index (κ2) is 13.9. The van der Waals surface area contributed by atoms with Crippen molar-refractivity contribution in [1.82, 2.24) is 29.7 Å². The molecule has 1 N–H and O–H groups in total. The molecule has 4 aliphatic rings. The summed E-state index contributed by atoms with van der Waals surface area (Å²) in [6, 6.07) is 14.6. The number of piperidine rings is 1. The predicted octanol–water partition coefficient (Wildman–Crippen LogP) is 4.92. The molecule has 0 radical (unpaired) electrons. The smallest absolute Gasteiger partial charge is 0.282 e. The summed E-state index contributed by atoms with van der Waals surface area (Å²) in [5.74, 6) is -2.22. The second-order valence-corrected chi connectivity index (χ2v) is 15.9. The number of rotatable bonds is 6. The topological polar surface area (TPSA) is 120 Å².